The van der Waals surface area contributed by atoms with Gasteiger partial charge in [0, 0.05) is 24.8 Å². The summed E-state index contributed by atoms with van der Waals surface area (Å²) in [6, 6.07) is 4.28. The van der Waals surface area contributed by atoms with Crippen LogP contribution < -0.4 is 9.46 Å². The van der Waals surface area contributed by atoms with Crippen LogP contribution in [0.2, 0.25) is 0 Å². The molecular weight excluding hydrogens is 373 g/mol. The minimum absolute atomic E-state index is 0.0000693. The first-order valence-electron chi connectivity index (χ1n) is 8.89. The van der Waals surface area contributed by atoms with E-state index < -0.39 is 15.8 Å². The van der Waals surface area contributed by atoms with E-state index in [4.69, 9.17) is 9.47 Å². The maximum Gasteiger partial charge on any atom is 0.211 e. The molecular formula is C18H24FN3O4S. The number of aryl methyl sites for hydroxylation is 1. The number of nitrogens with zero attached hydrogens (tertiary/aromatic N) is 2. The van der Waals surface area contributed by atoms with Crippen LogP contribution in [0.3, 0.4) is 0 Å². The van der Waals surface area contributed by atoms with Gasteiger partial charge in [-0.15, -0.1) is 0 Å². The van der Waals surface area contributed by atoms with Gasteiger partial charge in [0.15, 0.2) is 11.6 Å². The van der Waals surface area contributed by atoms with E-state index in [2.05, 4.69) is 9.82 Å². The van der Waals surface area contributed by atoms with E-state index >= 15 is 0 Å². The Morgan fingerprint density at radius 2 is 2.26 bits per heavy atom. The molecule has 9 heteroatoms. The molecule has 1 fully saturated rings. The molecule has 1 aromatic heterocycles. The normalized spacial score (nSPS) is 20.6. The fraction of sp³-hybridized carbons (Fsp3) is 0.500. The highest BCUT2D eigenvalue weighted by atomic mass is 32.2. The maximum atomic E-state index is 14.4. The molecule has 3 rings (SSSR count). The highest BCUT2D eigenvalue weighted by molar-refractivity contribution is 7.89. The number of rotatable bonds is 7. The van der Waals surface area contributed by atoms with Crippen LogP contribution in [-0.4, -0.2) is 49.8 Å². The van der Waals surface area contributed by atoms with E-state index in [-0.39, 0.29) is 36.7 Å². The first-order valence-corrected chi connectivity index (χ1v) is 10.5. The summed E-state index contributed by atoms with van der Waals surface area (Å²) < 4.78 is 53.4. The van der Waals surface area contributed by atoms with Crippen molar-refractivity contribution >= 4 is 10.0 Å². The number of halogens is 1. The van der Waals surface area contributed by atoms with Gasteiger partial charge in [-0.25, -0.2) is 22.2 Å². The molecule has 0 saturated carbocycles. The summed E-state index contributed by atoms with van der Waals surface area (Å²) in [7, 11) is -3.35. The van der Waals surface area contributed by atoms with Crippen molar-refractivity contribution in [3.05, 3.63) is 42.0 Å². The maximum absolute atomic E-state index is 14.4. The predicted octanol–water partition coefficient (Wildman–Crippen LogP) is 2.04. The zero-order chi connectivity index (χ0) is 19.4. The lowest BCUT2D eigenvalue weighted by molar-refractivity contribution is 0.0269. The Bertz CT molecular complexity index is 884. The lowest BCUT2D eigenvalue weighted by Gasteiger charge is -2.31. The molecule has 2 aromatic rings. The van der Waals surface area contributed by atoms with Gasteiger partial charge in [-0.1, -0.05) is 0 Å². The topological polar surface area (TPSA) is 82.5 Å². The molecule has 1 aliphatic heterocycles. The molecule has 1 aliphatic rings. The van der Waals surface area contributed by atoms with Crippen LogP contribution in [0.5, 0.6) is 5.75 Å². The monoisotopic (exact) mass is 397 g/mol. The van der Waals surface area contributed by atoms with Gasteiger partial charge >= 0.3 is 0 Å². The van der Waals surface area contributed by atoms with Gasteiger partial charge in [0.05, 0.1) is 36.9 Å². The van der Waals surface area contributed by atoms with E-state index in [1.807, 2.05) is 13.1 Å². The average Bonchev–Trinajstić information content (AvgIpc) is 3.08. The molecule has 1 saturated heterocycles. The van der Waals surface area contributed by atoms with Crippen molar-refractivity contribution in [3.63, 3.8) is 0 Å². The lowest BCUT2D eigenvalue weighted by Crippen LogP contribution is -2.48. The fourth-order valence-corrected chi connectivity index (χ4v) is 3.81. The third kappa shape index (κ3) is 5.06. The summed E-state index contributed by atoms with van der Waals surface area (Å²) >= 11 is 0. The third-order valence-electron chi connectivity index (χ3n) is 4.56. The molecule has 0 spiro atoms. The Morgan fingerprint density at radius 1 is 1.44 bits per heavy atom. The van der Waals surface area contributed by atoms with E-state index in [0.29, 0.717) is 18.7 Å². The zero-order valence-corrected chi connectivity index (χ0v) is 16.2. The molecule has 0 radical (unpaired) electrons. The van der Waals surface area contributed by atoms with Gasteiger partial charge < -0.3 is 9.47 Å². The molecule has 0 unspecified atom stereocenters. The number of benzene rings is 1. The van der Waals surface area contributed by atoms with E-state index in [0.717, 1.165) is 5.56 Å². The zero-order valence-electron chi connectivity index (χ0n) is 15.4. The summed E-state index contributed by atoms with van der Waals surface area (Å²) in [5, 5.41) is 4.16. The summed E-state index contributed by atoms with van der Waals surface area (Å²) in [5.74, 6) is -0.447. The first-order chi connectivity index (χ1) is 12.9. The van der Waals surface area contributed by atoms with Crippen LogP contribution in [0.1, 0.15) is 18.9 Å². The van der Waals surface area contributed by atoms with Crippen LogP contribution in [0, 0.1) is 18.7 Å². The van der Waals surface area contributed by atoms with Crippen molar-refractivity contribution < 1.29 is 22.3 Å². The second-order valence-corrected chi connectivity index (χ2v) is 8.68. The van der Waals surface area contributed by atoms with Crippen molar-refractivity contribution in [1.29, 1.82) is 0 Å². The number of aromatic nitrogens is 2. The Morgan fingerprint density at radius 3 is 2.93 bits per heavy atom. The highest BCUT2D eigenvalue weighted by Gasteiger charge is 2.29. The van der Waals surface area contributed by atoms with Gasteiger partial charge in [-0.2, -0.15) is 5.10 Å². The number of hydrogen-bond acceptors (Lipinski definition) is 5. The Labute approximate surface area is 158 Å². The fourth-order valence-electron chi connectivity index (χ4n) is 2.93. The summed E-state index contributed by atoms with van der Waals surface area (Å²) in [6.07, 6.45) is 4.15. The molecule has 1 aromatic carbocycles. The number of nitrogens with one attached hydrogen (secondary N) is 1. The third-order valence-corrected chi connectivity index (χ3v) is 5.98. The van der Waals surface area contributed by atoms with E-state index in [9.17, 15) is 12.8 Å². The Balaban J connectivity index is 1.66. The molecule has 7 nitrogen and oxygen atoms in total. The van der Waals surface area contributed by atoms with Crippen LogP contribution in [0.4, 0.5) is 4.39 Å². The van der Waals surface area contributed by atoms with Crippen LogP contribution in [0.15, 0.2) is 30.6 Å². The molecule has 27 heavy (non-hydrogen) atoms. The molecule has 0 amide bonds. The molecule has 2 atom stereocenters. The Kier molecular flexibility index (Phi) is 6.13. The van der Waals surface area contributed by atoms with Crippen molar-refractivity contribution in [1.82, 2.24) is 14.5 Å². The van der Waals surface area contributed by atoms with Crippen LogP contribution in [-0.2, 0) is 14.8 Å². The lowest BCUT2D eigenvalue weighted by atomic mass is 9.97. The molecule has 1 N–H and O–H groups in total. The molecule has 0 bridgehead atoms. The largest absolute Gasteiger partial charge is 0.490 e. The molecule has 2 heterocycles. The van der Waals surface area contributed by atoms with Crippen LogP contribution in [0.25, 0.3) is 5.69 Å². The van der Waals surface area contributed by atoms with Crippen molar-refractivity contribution in [2.45, 2.75) is 26.3 Å². The van der Waals surface area contributed by atoms with Crippen molar-refractivity contribution in [2.75, 3.05) is 25.6 Å². The van der Waals surface area contributed by atoms with Crippen molar-refractivity contribution in [3.8, 4) is 11.4 Å². The molecule has 0 aliphatic carbocycles. The number of hydrogen-bond donors (Lipinski definition) is 1. The predicted molar refractivity (Wildman–Crippen MR) is 99.1 cm³/mol. The smallest absolute Gasteiger partial charge is 0.211 e. The quantitative estimate of drug-likeness (QED) is 0.773. The first kappa shape index (κ1) is 19.8. The van der Waals surface area contributed by atoms with Crippen molar-refractivity contribution in [2.24, 2.45) is 5.92 Å². The second-order valence-electron chi connectivity index (χ2n) is 6.64. The summed E-state index contributed by atoms with van der Waals surface area (Å²) in [6.45, 7) is 4.51. The highest BCUT2D eigenvalue weighted by Crippen LogP contribution is 2.23. The van der Waals surface area contributed by atoms with Gasteiger partial charge in [-0.05, 0) is 38.0 Å². The standard InChI is InChI=1S/C18H24FN3O4S/c1-3-27(23,24)21-17-12-25-7-6-14(17)11-26-18-5-4-15(8-16(18)19)22-10-13(2)9-20-22/h4-5,8-10,14,17,21H,3,6-7,11-12H2,1-2H3/t14-,17+/m1/s1. The van der Waals surface area contributed by atoms with Gasteiger partial charge in [0.25, 0.3) is 0 Å². The minimum atomic E-state index is -3.35. The SMILES string of the molecule is CCS(=O)(=O)N[C@H]1COCC[C@@H]1COc1ccc(-n2cc(C)cn2)cc1F. The molecule has 148 valence electrons. The van der Waals surface area contributed by atoms with E-state index in [1.165, 1.54) is 6.07 Å². The minimum Gasteiger partial charge on any atom is -0.490 e. The van der Waals surface area contributed by atoms with E-state index in [1.54, 1.807) is 29.9 Å². The Hall–Kier alpha value is -1.97. The average molecular weight is 397 g/mol. The van der Waals surface area contributed by atoms with Gasteiger partial charge in [0.2, 0.25) is 10.0 Å². The van der Waals surface area contributed by atoms with Gasteiger partial charge in [0.1, 0.15) is 0 Å². The van der Waals surface area contributed by atoms with Crippen LogP contribution >= 0.6 is 0 Å². The summed E-state index contributed by atoms with van der Waals surface area (Å²) in [5.41, 5.74) is 1.59. The second kappa shape index (κ2) is 8.37. The summed E-state index contributed by atoms with van der Waals surface area (Å²) in [4.78, 5) is 0. The number of sulfonamides is 1. The number of ether oxygens (including phenoxy) is 2. The van der Waals surface area contributed by atoms with Gasteiger partial charge in [-0.3, -0.25) is 0 Å².